The van der Waals surface area contributed by atoms with E-state index in [1.807, 2.05) is 17.9 Å². The van der Waals surface area contributed by atoms with Crippen LogP contribution >= 0.6 is 0 Å². The van der Waals surface area contributed by atoms with Gasteiger partial charge in [0.25, 0.3) is 5.92 Å². The smallest absolute Gasteiger partial charge is 0.296 e. The number of benzene rings is 1. The first-order valence-corrected chi connectivity index (χ1v) is 10.3. The zero-order valence-corrected chi connectivity index (χ0v) is 18.3. The Morgan fingerprint density at radius 3 is 2.76 bits per heavy atom. The maximum Gasteiger partial charge on any atom is 0.296 e. The molecule has 1 amide bonds. The second-order valence-corrected chi connectivity index (χ2v) is 7.19. The summed E-state index contributed by atoms with van der Waals surface area (Å²) in [4.78, 5) is 22.3. The van der Waals surface area contributed by atoms with E-state index in [-0.39, 0.29) is 5.56 Å². The summed E-state index contributed by atoms with van der Waals surface area (Å²) in [6.45, 7) is 2.79. The highest BCUT2D eigenvalue weighted by molar-refractivity contribution is 5.82. The zero-order chi connectivity index (χ0) is 23.8. The summed E-state index contributed by atoms with van der Waals surface area (Å²) in [5.74, 6) is -3.23. The molecule has 3 aromatic rings. The van der Waals surface area contributed by atoms with Crippen LogP contribution in [0.1, 0.15) is 25.0 Å². The summed E-state index contributed by atoms with van der Waals surface area (Å²) in [7, 11) is 0. The first kappa shape index (κ1) is 23.8. The van der Waals surface area contributed by atoms with Gasteiger partial charge in [-0.3, -0.25) is 9.78 Å². The lowest BCUT2D eigenvalue weighted by atomic mass is 10.0. The van der Waals surface area contributed by atoms with Crippen molar-refractivity contribution in [1.82, 2.24) is 15.3 Å². The molecule has 0 aliphatic heterocycles. The molecule has 7 nitrogen and oxygen atoms in total. The van der Waals surface area contributed by atoms with Crippen molar-refractivity contribution in [2.75, 3.05) is 24.7 Å². The highest BCUT2D eigenvalue weighted by Crippen LogP contribution is 2.33. The number of nitrogens with one attached hydrogen (secondary N) is 1. The summed E-state index contributed by atoms with van der Waals surface area (Å²) in [6.07, 6.45) is 4.46. The molecule has 0 aliphatic carbocycles. The lowest BCUT2D eigenvalue weighted by molar-refractivity contribution is -0.130. The molecule has 9 heteroatoms. The Labute approximate surface area is 190 Å². The number of allylic oxidation sites excluding steroid dienone is 1. The SMILES string of the molecule is CCN(/C(C)=C/NC(=O)COCC(F)(F)c1cccc2ncccc12)c1ccc(C#N)cn1. The van der Waals surface area contributed by atoms with Gasteiger partial charge in [-0.05, 0) is 38.1 Å². The van der Waals surface area contributed by atoms with E-state index >= 15 is 0 Å². The first-order valence-electron chi connectivity index (χ1n) is 10.3. The Kier molecular flexibility index (Phi) is 7.64. The number of nitrogens with zero attached hydrogens (tertiary/aromatic N) is 4. The fourth-order valence-electron chi connectivity index (χ4n) is 3.28. The van der Waals surface area contributed by atoms with E-state index in [9.17, 15) is 13.6 Å². The van der Waals surface area contributed by atoms with Gasteiger partial charge in [0.1, 0.15) is 25.1 Å². The lowest BCUT2D eigenvalue weighted by Crippen LogP contribution is -2.29. The van der Waals surface area contributed by atoms with Gasteiger partial charge in [0.2, 0.25) is 5.91 Å². The van der Waals surface area contributed by atoms with Crippen molar-refractivity contribution in [3.63, 3.8) is 0 Å². The molecule has 0 spiro atoms. The Bertz CT molecular complexity index is 1180. The second kappa shape index (κ2) is 10.6. The van der Waals surface area contributed by atoms with Crippen molar-refractivity contribution >= 4 is 22.6 Å². The number of hydrogen-bond acceptors (Lipinski definition) is 6. The van der Waals surface area contributed by atoms with E-state index in [0.29, 0.717) is 34.5 Å². The molecule has 2 aromatic heterocycles. The Morgan fingerprint density at radius 2 is 2.06 bits per heavy atom. The van der Waals surface area contributed by atoms with Gasteiger partial charge in [-0.2, -0.15) is 14.0 Å². The summed E-state index contributed by atoms with van der Waals surface area (Å²) in [5, 5.41) is 11.8. The third kappa shape index (κ3) is 5.87. The zero-order valence-electron chi connectivity index (χ0n) is 18.3. The number of carbonyl (C=O) groups is 1. The van der Waals surface area contributed by atoms with E-state index in [1.165, 1.54) is 30.7 Å². The second-order valence-electron chi connectivity index (χ2n) is 7.19. The predicted octanol–water partition coefficient (Wildman–Crippen LogP) is 4.11. The predicted molar refractivity (Wildman–Crippen MR) is 120 cm³/mol. The van der Waals surface area contributed by atoms with Crippen LogP contribution in [0, 0.1) is 11.3 Å². The number of carbonyl (C=O) groups excluding carboxylic acids is 1. The van der Waals surface area contributed by atoms with E-state index < -0.39 is 25.0 Å². The molecule has 2 heterocycles. The van der Waals surface area contributed by atoms with Crippen molar-refractivity contribution in [1.29, 1.82) is 5.26 Å². The number of rotatable bonds is 9. The largest absolute Gasteiger partial charge is 0.365 e. The molecule has 0 radical (unpaired) electrons. The molecular formula is C24H23F2N5O2. The molecule has 3 rings (SSSR count). The van der Waals surface area contributed by atoms with Gasteiger partial charge < -0.3 is 15.0 Å². The first-order chi connectivity index (χ1) is 15.9. The van der Waals surface area contributed by atoms with Crippen molar-refractivity contribution in [3.05, 3.63) is 77.9 Å². The number of alkyl halides is 2. The minimum Gasteiger partial charge on any atom is -0.365 e. The molecule has 33 heavy (non-hydrogen) atoms. The molecule has 0 atom stereocenters. The molecule has 0 saturated carbocycles. The number of nitriles is 1. The van der Waals surface area contributed by atoms with Crippen molar-refractivity contribution < 1.29 is 18.3 Å². The number of fused-ring (bicyclic) bond motifs is 1. The minimum atomic E-state index is -3.28. The van der Waals surface area contributed by atoms with Gasteiger partial charge in [0, 0.05) is 41.8 Å². The Balaban J connectivity index is 1.57. The molecule has 0 bridgehead atoms. The summed E-state index contributed by atoms with van der Waals surface area (Å²) in [5.41, 5.74) is 1.39. The van der Waals surface area contributed by atoms with Crippen LogP contribution in [0.4, 0.5) is 14.6 Å². The van der Waals surface area contributed by atoms with Crippen LogP contribution in [-0.2, 0) is 15.5 Å². The number of anilines is 1. The van der Waals surface area contributed by atoms with Crippen LogP contribution in [0.5, 0.6) is 0 Å². The molecule has 1 aromatic carbocycles. The fourth-order valence-corrected chi connectivity index (χ4v) is 3.28. The van der Waals surface area contributed by atoms with Gasteiger partial charge in [0.15, 0.2) is 0 Å². The van der Waals surface area contributed by atoms with Crippen LogP contribution in [0.25, 0.3) is 10.9 Å². The van der Waals surface area contributed by atoms with Crippen LogP contribution in [0.3, 0.4) is 0 Å². The van der Waals surface area contributed by atoms with Crippen LogP contribution < -0.4 is 10.2 Å². The standard InChI is InChI=1S/C24H23F2N5O2/c1-3-31(22-10-9-18(12-27)14-29-22)17(2)13-30-23(32)15-33-16-24(25,26)20-7-4-8-21-19(20)6-5-11-28-21/h4-11,13-14H,3,15-16H2,1-2H3,(H,30,32)/b17-13+. The Hall–Kier alpha value is -3.90. The summed E-state index contributed by atoms with van der Waals surface area (Å²) < 4.78 is 34.5. The van der Waals surface area contributed by atoms with Gasteiger partial charge in [-0.1, -0.05) is 18.2 Å². The topological polar surface area (TPSA) is 91.1 Å². The van der Waals surface area contributed by atoms with Gasteiger partial charge in [-0.15, -0.1) is 0 Å². The normalized spacial score (nSPS) is 11.8. The van der Waals surface area contributed by atoms with Crippen molar-refractivity contribution in [2.45, 2.75) is 19.8 Å². The molecule has 0 saturated heterocycles. The average molecular weight is 451 g/mol. The van der Waals surface area contributed by atoms with E-state index in [0.717, 1.165) is 0 Å². The Morgan fingerprint density at radius 1 is 1.24 bits per heavy atom. The number of pyridine rings is 2. The highest BCUT2D eigenvalue weighted by atomic mass is 19.3. The van der Waals surface area contributed by atoms with E-state index in [4.69, 9.17) is 10.00 Å². The van der Waals surface area contributed by atoms with Gasteiger partial charge >= 0.3 is 0 Å². The summed E-state index contributed by atoms with van der Waals surface area (Å²) in [6, 6.07) is 13.0. The van der Waals surface area contributed by atoms with E-state index in [2.05, 4.69) is 15.3 Å². The average Bonchev–Trinajstić information content (AvgIpc) is 2.83. The number of amides is 1. The van der Waals surface area contributed by atoms with Crippen LogP contribution in [0.15, 0.2) is 66.8 Å². The quantitative estimate of drug-likeness (QED) is 0.526. The molecule has 170 valence electrons. The van der Waals surface area contributed by atoms with Gasteiger partial charge in [0.05, 0.1) is 11.1 Å². The third-order valence-electron chi connectivity index (χ3n) is 4.89. The molecule has 0 aliphatic rings. The maximum atomic E-state index is 14.7. The highest BCUT2D eigenvalue weighted by Gasteiger charge is 2.34. The molecular weight excluding hydrogens is 428 g/mol. The monoisotopic (exact) mass is 451 g/mol. The van der Waals surface area contributed by atoms with Crippen LogP contribution in [0.2, 0.25) is 0 Å². The fraction of sp³-hybridized carbons (Fsp3) is 0.250. The van der Waals surface area contributed by atoms with Gasteiger partial charge in [-0.25, -0.2) is 4.98 Å². The number of ether oxygens (including phenoxy) is 1. The molecule has 0 unspecified atom stereocenters. The van der Waals surface area contributed by atoms with Crippen LogP contribution in [-0.4, -0.2) is 35.6 Å². The van der Waals surface area contributed by atoms with Crippen molar-refractivity contribution in [2.24, 2.45) is 0 Å². The number of hydrogen-bond donors (Lipinski definition) is 1. The third-order valence-corrected chi connectivity index (χ3v) is 4.89. The maximum absolute atomic E-state index is 14.7. The number of aromatic nitrogens is 2. The lowest BCUT2D eigenvalue weighted by Gasteiger charge is -2.22. The molecule has 1 N–H and O–H groups in total. The minimum absolute atomic E-state index is 0.197. The van der Waals surface area contributed by atoms with Crippen molar-refractivity contribution in [3.8, 4) is 6.07 Å². The van der Waals surface area contributed by atoms with E-state index in [1.54, 1.807) is 37.3 Å². The number of halogens is 2. The molecule has 0 fully saturated rings. The summed E-state index contributed by atoms with van der Waals surface area (Å²) >= 11 is 0.